The highest BCUT2D eigenvalue weighted by atomic mass is 35.5. The summed E-state index contributed by atoms with van der Waals surface area (Å²) in [7, 11) is 5.41. The predicted molar refractivity (Wildman–Crippen MR) is 114 cm³/mol. The molecule has 2 heterocycles. The molecule has 1 aromatic carbocycles. The number of piperazine rings is 1. The maximum atomic E-state index is 12.9. The van der Waals surface area contributed by atoms with Crippen molar-refractivity contribution >= 4 is 24.3 Å². The zero-order chi connectivity index (χ0) is 20.1. The summed E-state index contributed by atoms with van der Waals surface area (Å²) in [5.74, 6) is 0.0141. The topological polar surface area (TPSA) is 73.7 Å². The number of carbonyl (C=O) groups is 2. The van der Waals surface area contributed by atoms with E-state index in [4.69, 9.17) is 0 Å². The third kappa shape index (κ3) is 5.48. The Hall–Kier alpha value is -2.58. The van der Waals surface area contributed by atoms with Crippen LogP contribution in [0.4, 0.5) is 4.79 Å². The van der Waals surface area contributed by atoms with Crippen LogP contribution in [-0.4, -0.2) is 76.7 Å². The van der Waals surface area contributed by atoms with Crippen molar-refractivity contribution in [2.75, 3.05) is 40.3 Å². The smallest absolute Gasteiger partial charge is 0.320 e. The van der Waals surface area contributed by atoms with E-state index in [1.54, 1.807) is 22.8 Å². The summed E-state index contributed by atoms with van der Waals surface area (Å²) in [5.41, 5.74) is 1.94. The monoisotopic (exact) mass is 420 g/mol. The fourth-order valence-electron chi connectivity index (χ4n) is 3.49. The number of carbonyl (C=O) groups excluding carboxylic acids is 2. The van der Waals surface area contributed by atoms with E-state index in [1.807, 2.05) is 60.4 Å². The first-order valence-electron chi connectivity index (χ1n) is 9.48. The second-order valence-corrected chi connectivity index (χ2v) is 7.11. The Labute approximate surface area is 177 Å². The molecule has 1 aliphatic rings. The molecule has 158 valence electrons. The van der Waals surface area contributed by atoms with Crippen molar-refractivity contribution < 1.29 is 9.59 Å². The largest absolute Gasteiger partial charge is 0.337 e. The quantitative estimate of drug-likeness (QED) is 0.795. The van der Waals surface area contributed by atoms with Crippen molar-refractivity contribution in [3.05, 3.63) is 53.9 Å². The molecule has 1 aromatic heterocycles. The van der Waals surface area contributed by atoms with Crippen LogP contribution in [0.5, 0.6) is 0 Å². The van der Waals surface area contributed by atoms with E-state index in [0.29, 0.717) is 32.7 Å². The van der Waals surface area contributed by atoms with Crippen molar-refractivity contribution in [3.63, 3.8) is 0 Å². The fourth-order valence-corrected chi connectivity index (χ4v) is 3.49. The second-order valence-electron chi connectivity index (χ2n) is 7.11. The van der Waals surface area contributed by atoms with Gasteiger partial charge in [-0.25, -0.2) is 4.79 Å². The van der Waals surface area contributed by atoms with Crippen molar-refractivity contribution in [1.29, 1.82) is 0 Å². The number of amides is 3. The fraction of sp³-hybridized carbons (Fsp3) is 0.450. The predicted octanol–water partition coefficient (Wildman–Crippen LogP) is 1.50. The summed E-state index contributed by atoms with van der Waals surface area (Å²) in [5, 5.41) is 7.22. The molecule has 1 N–H and O–H groups in total. The SMILES string of the molecule is CNC(C(=O)N1CCN(C(=O)N(C)Cc2ccccc2)CC1)c1cnn(C)c1.Cl. The molecule has 8 nitrogen and oxygen atoms in total. The highest BCUT2D eigenvalue weighted by Gasteiger charge is 2.30. The van der Waals surface area contributed by atoms with E-state index in [9.17, 15) is 9.59 Å². The highest BCUT2D eigenvalue weighted by Crippen LogP contribution is 2.17. The van der Waals surface area contributed by atoms with Gasteiger partial charge in [-0.15, -0.1) is 12.4 Å². The van der Waals surface area contributed by atoms with Gasteiger partial charge < -0.3 is 20.0 Å². The molecular formula is C20H29ClN6O2. The molecule has 2 aromatic rings. The van der Waals surface area contributed by atoms with Crippen molar-refractivity contribution in [2.45, 2.75) is 12.6 Å². The van der Waals surface area contributed by atoms with Gasteiger partial charge in [0.05, 0.1) is 6.20 Å². The number of hydrogen-bond acceptors (Lipinski definition) is 4. The normalized spacial score (nSPS) is 14.9. The lowest BCUT2D eigenvalue weighted by Gasteiger charge is -2.37. The van der Waals surface area contributed by atoms with Crippen LogP contribution in [0.25, 0.3) is 0 Å². The Bertz CT molecular complexity index is 804. The molecule has 0 bridgehead atoms. The Morgan fingerprint density at radius 3 is 2.31 bits per heavy atom. The summed E-state index contributed by atoms with van der Waals surface area (Å²) in [6.45, 7) is 2.70. The van der Waals surface area contributed by atoms with Crippen LogP contribution in [-0.2, 0) is 18.4 Å². The molecule has 1 fully saturated rings. The minimum Gasteiger partial charge on any atom is -0.337 e. The van der Waals surface area contributed by atoms with Gasteiger partial charge in [-0.3, -0.25) is 9.48 Å². The van der Waals surface area contributed by atoms with Crippen molar-refractivity contribution in [2.24, 2.45) is 7.05 Å². The standard InChI is InChI=1S/C20H28N6O2.ClH/c1-21-18(17-13-22-24(3)15-17)19(27)25-9-11-26(12-10-25)20(28)23(2)14-16-7-5-4-6-8-16;/h4-8,13,15,18,21H,9-12,14H2,1-3H3;1H. The van der Waals surface area contributed by atoms with Gasteiger partial charge in [-0.05, 0) is 12.6 Å². The van der Waals surface area contributed by atoms with Gasteiger partial charge in [0.2, 0.25) is 5.91 Å². The van der Waals surface area contributed by atoms with Gasteiger partial charge in [0.15, 0.2) is 0 Å². The number of benzene rings is 1. The number of aromatic nitrogens is 2. The Balaban J connectivity index is 0.00000300. The molecule has 1 saturated heterocycles. The van der Waals surface area contributed by atoms with Crippen LogP contribution in [0.2, 0.25) is 0 Å². The number of nitrogens with zero attached hydrogens (tertiary/aromatic N) is 5. The van der Waals surface area contributed by atoms with Gasteiger partial charge in [0.1, 0.15) is 6.04 Å². The summed E-state index contributed by atoms with van der Waals surface area (Å²) >= 11 is 0. The summed E-state index contributed by atoms with van der Waals surface area (Å²) < 4.78 is 1.69. The average molecular weight is 421 g/mol. The van der Waals surface area contributed by atoms with E-state index >= 15 is 0 Å². The number of rotatable bonds is 5. The molecule has 0 saturated carbocycles. The molecule has 0 spiro atoms. The molecule has 1 unspecified atom stereocenters. The first-order chi connectivity index (χ1) is 13.5. The van der Waals surface area contributed by atoms with Gasteiger partial charge >= 0.3 is 6.03 Å². The van der Waals surface area contributed by atoms with Crippen LogP contribution >= 0.6 is 12.4 Å². The first kappa shape index (κ1) is 22.7. The van der Waals surface area contributed by atoms with Crippen LogP contribution in [0.1, 0.15) is 17.2 Å². The van der Waals surface area contributed by atoms with Crippen LogP contribution in [0.3, 0.4) is 0 Å². The lowest BCUT2D eigenvalue weighted by atomic mass is 10.1. The van der Waals surface area contributed by atoms with Gasteiger partial charge in [0.25, 0.3) is 0 Å². The number of nitrogens with one attached hydrogen (secondary N) is 1. The molecule has 9 heteroatoms. The molecule has 0 radical (unpaired) electrons. The minimum absolute atomic E-state index is 0. The molecule has 3 rings (SSSR count). The van der Waals surface area contributed by atoms with Crippen LogP contribution in [0.15, 0.2) is 42.7 Å². The average Bonchev–Trinajstić information content (AvgIpc) is 3.14. The van der Waals surface area contributed by atoms with Crippen molar-refractivity contribution in [1.82, 2.24) is 29.8 Å². The van der Waals surface area contributed by atoms with Gasteiger partial charge in [-0.1, -0.05) is 30.3 Å². The maximum absolute atomic E-state index is 12.9. The highest BCUT2D eigenvalue weighted by molar-refractivity contribution is 5.85. The number of likely N-dealkylation sites (N-methyl/N-ethyl adjacent to an activating group) is 1. The number of halogens is 1. The first-order valence-corrected chi connectivity index (χ1v) is 9.48. The summed E-state index contributed by atoms with van der Waals surface area (Å²) in [6.07, 6.45) is 3.55. The number of aryl methyl sites for hydroxylation is 1. The summed E-state index contributed by atoms with van der Waals surface area (Å²) in [4.78, 5) is 31.0. The minimum atomic E-state index is -0.420. The lowest BCUT2D eigenvalue weighted by Crippen LogP contribution is -2.54. The lowest BCUT2D eigenvalue weighted by molar-refractivity contribution is -0.135. The maximum Gasteiger partial charge on any atom is 0.320 e. The Kier molecular flexibility index (Phi) is 8.04. The van der Waals surface area contributed by atoms with E-state index in [2.05, 4.69) is 10.4 Å². The molecule has 0 aliphatic carbocycles. The van der Waals surface area contributed by atoms with E-state index in [1.165, 1.54) is 0 Å². The third-order valence-electron chi connectivity index (χ3n) is 5.04. The van der Waals surface area contributed by atoms with E-state index < -0.39 is 6.04 Å². The molecule has 1 atom stereocenters. The van der Waals surface area contributed by atoms with Crippen LogP contribution < -0.4 is 5.32 Å². The molecule has 1 aliphatic heterocycles. The van der Waals surface area contributed by atoms with E-state index in [-0.39, 0.29) is 24.3 Å². The molecule has 3 amide bonds. The third-order valence-corrected chi connectivity index (χ3v) is 5.04. The van der Waals surface area contributed by atoms with Crippen LogP contribution in [0, 0.1) is 0 Å². The number of hydrogen-bond donors (Lipinski definition) is 1. The van der Waals surface area contributed by atoms with Gasteiger partial charge in [-0.2, -0.15) is 5.10 Å². The molecular weight excluding hydrogens is 392 g/mol. The molecule has 29 heavy (non-hydrogen) atoms. The van der Waals surface area contributed by atoms with E-state index in [0.717, 1.165) is 11.1 Å². The number of urea groups is 1. The zero-order valence-electron chi connectivity index (χ0n) is 17.1. The summed E-state index contributed by atoms with van der Waals surface area (Å²) in [6, 6.07) is 9.50. The zero-order valence-corrected chi connectivity index (χ0v) is 17.9. The van der Waals surface area contributed by atoms with Crippen molar-refractivity contribution in [3.8, 4) is 0 Å². The Morgan fingerprint density at radius 2 is 1.76 bits per heavy atom. The van der Waals surface area contributed by atoms with Gasteiger partial charge in [0, 0.05) is 58.6 Å². The Morgan fingerprint density at radius 1 is 1.14 bits per heavy atom. The second kappa shape index (κ2) is 10.3.